The lowest BCUT2D eigenvalue weighted by Gasteiger charge is -2.47. The van der Waals surface area contributed by atoms with Crippen LogP contribution in [0.2, 0.25) is 0 Å². The fraction of sp³-hybridized carbons (Fsp3) is 0.348. The normalized spacial score (nSPS) is 20.3. The number of hydrogen-bond donors (Lipinski definition) is 1. The van der Waals surface area contributed by atoms with Gasteiger partial charge in [-0.1, -0.05) is 81.3 Å². The smallest absolute Gasteiger partial charge is 0.178 e. The molecule has 1 N–H and O–H groups in total. The molecule has 2 aliphatic heterocycles. The van der Waals surface area contributed by atoms with E-state index in [2.05, 4.69) is 86.7 Å². The van der Waals surface area contributed by atoms with E-state index >= 15 is 0 Å². The Morgan fingerprint density at radius 1 is 0.827 bits per heavy atom. The van der Waals surface area contributed by atoms with Crippen molar-refractivity contribution in [3.8, 4) is 34.1 Å². The van der Waals surface area contributed by atoms with Gasteiger partial charge in [0.15, 0.2) is 5.60 Å². The Labute approximate surface area is 311 Å². The minimum Gasteiger partial charge on any atom is -0.497 e. The van der Waals surface area contributed by atoms with Crippen molar-refractivity contribution in [2.45, 2.75) is 68.3 Å². The number of rotatable bonds is 8. The molecule has 5 aromatic rings. The largest absolute Gasteiger partial charge is 0.497 e. The van der Waals surface area contributed by atoms with Crippen LogP contribution in [0.3, 0.4) is 0 Å². The highest BCUT2D eigenvalue weighted by Crippen LogP contribution is 2.64. The molecule has 0 radical (unpaired) electrons. The number of benzene rings is 5. The summed E-state index contributed by atoms with van der Waals surface area (Å²) in [6, 6.07) is 30.2. The first-order valence-corrected chi connectivity index (χ1v) is 19.9. The van der Waals surface area contributed by atoms with Gasteiger partial charge in [0, 0.05) is 33.2 Å². The van der Waals surface area contributed by atoms with Crippen LogP contribution < -0.4 is 18.9 Å². The van der Waals surface area contributed by atoms with Gasteiger partial charge in [0.05, 0.1) is 25.2 Å². The number of ether oxygens (including phenoxy) is 4. The minimum absolute atomic E-state index is 0.0350. The van der Waals surface area contributed by atoms with Gasteiger partial charge in [-0.3, -0.25) is 0 Å². The summed E-state index contributed by atoms with van der Waals surface area (Å²) in [5.41, 5.74) is 8.21. The van der Waals surface area contributed by atoms with Gasteiger partial charge in [-0.25, -0.2) is 0 Å². The quantitative estimate of drug-likeness (QED) is 0.173. The van der Waals surface area contributed by atoms with E-state index in [1.807, 2.05) is 36.0 Å². The molecule has 0 aromatic heterocycles. The first-order chi connectivity index (χ1) is 25.5. The summed E-state index contributed by atoms with van der Waals surface area (Å²) in [4.78, 5) is 1.20. The Bertz CT molecular complexity index is 2170. The summed E-state index contributed by atoms with van der Waals surface area (Å²) in [7, 11) is 1.70. The summed E-state index contributed by atoms with van der Waals surface area (Å²) in [5.74, 6) is 4.28. The third-order valence-electron chi connectivity index (χ3n) is 12.7. The first-order valence-electron chi connectivity index (χ1n) is 18.9. The predicted molar refractivity (Wildman–Crippen MR) is 210 cm³/mol. The van der Waals surface area contributed by atoms with E-state index in [1.54, 1.807) is 7.11 Å². The van der Waals surface area contributed by atoms with Crippen LogP contribution in [0.5, 0.6) is 23.0 Å². The van der Waals surface area contributed by atoms with Crippen molar-refractivity contribution in [3.63, 3.8) is 0 Å². The molecule has 1 spiro atoms. The summed E-state index contributed by atoms with van der Waals surface area (Å²) in [5, 5.41) is 11.7. The Kier molecular flexibility index (Phi) is 8.31. The van der Waals surface area contributed by atoms with Crippen LogP contribution in [0.15, 0.2) is 95.9 Å². The molecule has 0 saturated heterocycles. The monoisotopic (exact) mass is 710 g/mol. The molecule has 9 rings (SSSR count). The van der Waals surface area contributed by atoms with Crippen LogP contribution in [0, 0.1) is 5.41 Å². The second-order valence-corrected chi connectivity index (χ2v) is 16.0. The lowest BCUT2D eigenvalue weighted by atomic mass is 9.58. The van der Waals surface area contributed by atoms with Crippen molar-refractivity contribution >= 4 is 28.6 Å². The summed E-state index contributed by atoms with van der Waals surface area (Å²) >= 11 is 1.89. The molecule has 2 aliphatic carbocycles. The molecular weight excluding hydrogens is 665 g/mol. The van der Waals surface area contributed by atoms with E-state index < -0.39 is 5.60 Å². The van der Waals surface area contributed by atoms with Gasteiger partial charge in [0.25, 0.3) is 0 Å². The third-order valence-corrected chi connectivity index (χ3v) is 13.7. The van der Waals surface area contributed by atoms with Gasteiger partial charge in [0.1, 0.15) is 29.6 Å². The highest BCUT2D eigenvalue weighted by Gasteiger charge is 2.51. The fourth-order valence-corrected chi connectivity index (χ4v) is 10.5. The summed E-state index contributed by atoms with van der Waals surface area (Å²) in [6.07, 6.45) is 11.8. The molecule has 52 heavy (non-hydrogen) atoms. The number of methoxy groups -OCH3 is 1. The van der Waals surface area contributed by atoms with Crippen LogP contribution in [-0.4, -0.2) is 37.8 Å². The fourth-order valence-electron chi connectivity index (χ4n) is 9.67. The van der Waals surface area contributed by atoms with Crippen molar-refractivity contribution in [1.29, 1.82) is 0 Å². The van der Waals surface area contributed by atoms with E-state index in [0.717, 1.165) is 52.4 Å². The highest BCUT2D eigenvalue weighted by molar-refractivity contribution is 7.99. The van der Waals surface area contributed by atoms with Crippen LogP contribution in [0.25, 0.3) is 28.0 Å². The Balaban J connectivity index is 1.31. The molecule has 4 aliphatic rings. The Morgan fingerprint density at radius 2 is 1.54 bits per heavy atom. The van der Waals surface area contributed by atoms with Crippen molar-refractivity contribution < 1.29 is 24.1 Å². The number of hydrogen-bond acceptors (Lipinski definition) is 6. The number of aliphatic hydroxyl groups excluding tert-OH is 1. The van der Waals surface area contributed by atoms with E-state index in [9.17, 15) is 5.11 Å². The molecule has 5 aromatic carbocycles. The van der Waals surface area contributed by atoms with Gasteiger partial charge in [-0.15, -0.1) is 11.8 Å². The van der Waals surface area contributed by atoms with Crippen molar-refractivity contribution in [3.05, 3.63) is 119 Å². The van der Waals surface area contributed by atoms with Crippen molar-refractivity contribution in [2.24, 2.45) is 5.41 Å². The molecule has 0 bridgehead atoms. The Morgan fingerprint density at radius 3 is 2.23 bits per heavy atom. The molecule has 1 unspecified atom stereocenters. The zero-order valence-corrected chi connectivity index (χ0v) is 31.1. The lowest BCUT2D eigenvalue weighted by molar-refractivity contribution is 0.132. The molecule has 2 heterocycles. The standard InChI is InChI=1S/C46H46O5S/c1-4-44(5-2)20-22-45(23-21-44)38-9-7-6-8-34(38)41-36-29-40-39(50-26-27-52-40)28-37(36)43-35(42(41)45)18-19-46(51-43,30-10-14-32(48-3)15-11-30)31-12-16-33(17-13-31)49-25-24-47/h6-19,28-29,47H,4-5,20-27H2,1-3H3. The second-order valence-electron chi connectivity index (χ2n) is 14.9. The number of thioether (sulfide) groups is 1. The van der Waals surface area contributed by atoms with E-state index in [-0.39, 0.29) is 18.6 Å². The van der Waals surface area contributed by atoms with Crippen molar-refractivity contribution in [1.82, 2.24) is 0 Å². The van der Waals surface area contributed by atoms with E-state index in [0.29, 0.717) is 17.8 Å². The molecule has 266 valence electrons. The third kappa shape index (κ3) is 5.01. The summed E-state index contributed by atoms with van der Waals surface area (Å²) < 4.78 is 25.3. The van der Waals surface area contributed by atoms with E-state index in [4.69, 9.17) is 18.9 Å². The maximum absolute atomic E-state index is 9.36. The topological polar surface area (TPSA) is 57.2 Å². The minimum atomic E-state index is -0.924. The molecular formula is C46H46O5S. The number of fused-ring (bicyclic) bond motifs is 11. The van der Waals surface area contributed by atoms with Crippen molar-refractivity contribution in [2.75, 3.05) is 32.7 Å². The SMILES string of the molecule is CCC1(CC)CCC2(CC1)c1ccccc1-c1c2c2c(c3cc4c(cc13)SCCO4)OC(c1ccc(OC)cc1)(c1ccc(OCCO)cc1)C=C2. The Hall–Kier alpha value is -4.39. The second kappa shape index (κ2) is 12.9. The van der Waals surface area contributed by atoms with Gasteiger partial charge in [0.2, 0.25) is 0 Å². The molecule has 1 atom stereocenters. The van der Waals surface area contributed by atoms with Crippen LogP contribution >= 0.6 is 11.8 Å². The highest BCUT2D eigenvalue weighted by atomic mass is 32.2. The lowest BCUT2D eigenvalue weighted by Crippen LogP contribution is -2.38. The maximum Gasteiger partial charge on any atom is 0.178 e. The van der Waals surface area contributed by atoms with Gasteiger partial charge in [-0.2, -0.15) is 0 Å². The van der Waals surface area contributed by atoms with Gasteiger partial charge < -0.3 is 24.1 Å². The molecule has 1 saturated carbocycles. The van der Waals surface area contributed by atoms with Gasteiger partial charge in [-0.05, 0) is 101 Å². The first kappa shape index (κ1) is 33.4. The van der Waals surface area contributed by atoms with E-state index in [1.165, 1.54) is 63.8 Å². The van der Waals surface area contributed by atoms with Crippen LogP contribution in [0.4, 0.5) is 0 Å². The average Bonchev–Trinajstić information content (AvgIpc) is 3.49. The number of aliphatic hydroxyl groups is 1. The van der Waals surface area contributed by atoms with Crippen LogP contribution in [0.1, 0.15) is 80.2 Å². The zero-order valence-electron chi connectivity index (χ0n) is 30.3. The zero-order chi connectivity index (χ0) is 35.5. The maximum atomic E-state index is 9.36. The molecule has 5 nitrogen and oxygen atoms in total. The average molecular weight is 711 g/mol. The molecule has 0 amide bonds. The molecule has 6 heteroatoms. The van der Waals surface area contributed by atoms with Gasteiger partial charge >= 0.3 is 0 Å². The molecule has 1 fully saturated rings. The summed E-state index contributed by atoms with van der Waals surface area (Å²) in [6.45, 7) is 5.68. The predicted octanol–water partition coefficient (Wildman–Crippen LogP) is 10.7. The van der Waals surface area contributed by atoms with Crippen LogP contribution in [-0.2, 0) is 11.0 Å².